The van der Waals surface area contributed by atoms with Crippen LogP contribution in [0.3, 0.4) is 0 Å². The number of hydrogen-bond acceptors (Lipinski definition) is 4. The Kier molecular flexibility index (Phi) is 9.83. The maximum absolute atomic E-state index is 13.0. The number of hydrogen-bond donors (Lipinski definition) is 1. The molecule has 2 fully saturated rings. The first-order valence-electron chi connectivity index (χ1n) is 15.4. The average molecular weight is 619 g/mol. The number of carbonyl (C=O) groups is 1. The Balaban J connectivity index is 1.32. The van der Waals surface area contributed by atoms with Gasteiger partial charge < -0.3 is 15.0 Å². The van der Waals surface area contributed by atoms with Crippen molar-refractivity contribution in [1.29, 1.82) is 5.26 Å². The molecular formula is C36H41Cl2N3O2. The van der Waals surface area contributed by atoms with Crippen LogP contribution >= 0.6 is 23.2 Å². The Morgan fingerprint density at radius 2 is 1.72 bits per heavy atom. The standard InChI is InChI=1S/C36H41Cl2N3O2/c1-4-35(2,3)29-12-13-33(19-29)41-16-14-36(15-17-41,43-24-34(42)40-32-21-30(37)20-31(38)22-32)28-10-8-26(9-11-28)27-7-5-6-25(18-27)23-39/h5-11,18,20-22,29,33H,4,12-17,19,24H2,1-3H3,(H,40,42). The maximum atomic E-state index is 13.0. The number of likely N-dealkylation sites (tertiary alicyclic amines) is 1. The fourth-order valence-electron chi connectivity index (χ4n) is 6.82. The zero-order chi connectivity index (χ0) is 30.6. The molecule has 7 heteroatoms. The first-order valence-corrected chi connectivity index (χ1v) is 16.1. The number of anilines is 1. The molecule has 1 N–H and O–H groups in total. The van der Waals surface area contributed by atoms with Gasteiger partial charge in [-0.3, -0.25) is 4.79 Å². The van der Waals surface area contributed by atoms with Crippen molar-refractivity contribution < 1.29 is 9.53 Å². The Labute approximate surface area is 266 Å². The molecule has 0 radical (unpaired) electrons. The number of carbonyl (C=O) groups excluding carboxylic acids is 1. The number of nitrogens with one attached hydrogen (secondary N) is 1. The molecule has 1 heterocycles. The molecule has 5 nitrogen and oxygen atoms in total. The molecule has 2 unspecified atom stereocenters. The number of amides is 1. The number of halogens is 2. The first-order chi connectivity index (χ1) is 20.6. The minimum atomic E-state index is -0.576. The largest absolute Gasteiger partial charge is 0.360 e. The Hall–Kier alpha value is -2.88. The van der Waals surface area contributed by atoms with Crippen LogP contribution in [0.2, 0.25) is 10.0 Å². The van der Waals surface area contributed by atoms with Gasteiger partial charge in [-0.15, -0.1) is 0 Å². The molecule has 43 heavy (non-hydrogen) atoms. The number of nitriles is 1. The molecule has 0 bridgehead atoms. The highest BCUT2D eigenvalue weighted by molar-refractivity contribution is 6.35. The molecule has 1 amide bonds. The van der Waals surface area contributed by atoms with E-state index in [-0.39, 0.29) is 12.5 Å². The van der Waals surface area contributed by atoms with Crippen molar-refractivity contribution in [2.75, 3.05) is 25.0 Å². The van der Waals surface area contributed by atoms with Gasteiger partial charge in [0.2, 0.25) is 5.91 Å². The van der Waals surface area contributed by atoms with Gasteiger partial charge in [0.1, 0.15) is 6.61 Å². The topological polar surface area (TPSA) is 65.4 Å². The van der Waals surface area contributed by atoms with Crippen LogP contribution in [0.15, 0.2) is 66.7 Å². The smallest absolute Gasteiger partial charge is 0.250 e. The van der Waals surface area contributed by atoms with Gasteiger partial charge in [-0.05, 0) is 90.5 Å². The van der Waals surface area contributed by atoms with E-state index in [0.29, 0.717) is 32.8 Å². The summed E-state index contributed by atoms with van der Waals surface area (Å²) in [6.07, 6.45) is 6.64. The average Bonchev–Trinajstić information content (AvgIpc) is 3.51. The minimum Gasteiger partial charge on any atom is -0.360 e. The second-order valence-electron chi connectivity index (χ2n) is 12.8. The molecular weight excluding hydrogens is 577 g/mol. The molecule has 2 atom stereocenters. The van der Waals surface area contributed by atoms with Crippen molar-refractivity contribution in [3.8, 4) is 17.2 Å². The number of benzene rings is 3. The molecule has 5 rings (SSSR count). The quantitative estimate of drug-likeness (QED) is 0.260. The van der Waals surface area contributed by atoms with E-state index >= 15 is 0 Å². The van der Waals surface area contributed by atoms with E-state index in [9.17, 15) is 10.1 Å². The monoisotopic (exact) mass is 617 g/mol. The second-order valence-corrected chi connectivity index (χ2v) is 13.7. The summed E-state index contributed by atoms with van der Waals surface area (Å²) >= 11 is 12.3. The zero-order valence-electron chi connectivity index (χ0n) is 25.3. The summed E-state index contributed by atoms with van der Waals surface area (Å²) in [6.45, 7) is 8.92. The van der Waals surface area contributed by atoms with Crippen molar-refractivity contribution in [3.63, 3.8) is 0 Å². The van der Waals surface area contributed by atoms with Gasteiger partial charge in [-0.2, -0.15) is 5.26 Å². The lowest BCUT2D eigenvalue weighted by molar-refractivity contribution is -0.135. The van der Waals surface area contributed by atoms with Crippen LogP contribution < -0.4 is 5.32 Å². The summed E-state index contributed by atoms with van der Waals surface area (Å²) in [5.74, 6) is 0.520. The Bertz CT molecular complexity index is 1450. The van der Waals surface area contributed by atoms with Crippen LogP contribution in [0.1, 0.15) is 70.4 Å². The molecule has 1 aliphatic heterocycles. The highest BCUT2D eigenvalue weighted by Gasteiger charge is 2.42. The van der Waals surface area contributed by atoms with Crippen LogP contribution in [-0.2, 0) is 15.1 Å². The number of piperidine rings is 1. The van der Waals surface area contributed by atoms with Gasteiger partial charge in [0.15, 0.2) is 0 Å². The van der Waals surface area contributed by atoms with E-state index in [1.54, 1.807) is 18.2 Å². The van der Waals surface area contributed by atoms with Gasteiger partial charge in [0.25, 0.3) is 0 Å². The Morgan fingerprint density at radius 3 is 2.37 bits per heavy atom. The fraction of sp³-hybridized carbons (Fsp3) is 0.444. The van der Waals surface area contributed by atoms with Crippen molar-refractivity contribution in [1.82, 2.24) is 4.90 Å². The van der Waals surface area contributed by atoms with E-state index in [1.165, 1.54) is 25.7 Å². The van der Waals surface area contributed by atoms with Crippen LogP contribution in [0, 0.1) is 22.7 Å². The highest BCUT2D eigenvalue weighted by Crippen LogP contribution is 2.45. The third-order valence-corrected chi connectivity index (χ3v) is 10.3. The summed E-state index contributed by atoms with van der Waals surface area (Å²) in [6, 6.07) is 23.9. The lowest BCUT2D eigenvalue weighted by Gasteiger charge is -2.44. The third kappa shape index (κ3) is 7.44. The van der Waals surface area contributed by atoms with Gasteiger partial charge in [0, 0.05) is 34.9 Å². The van der Waals surface area contributed by atoms with E-state index in [1.807, 2.05) is 24.3 Å². The molecule has 1 saturated carbocycles. The van der Waals surface area contributed by atoms with E-state index in [4.69, 9.17) is 27.9 Å². The predicted octanol–water partition coefficient (Wildman–Crippen LogP) is 9.08. The lowest BCUT2D eigenvalue weighted by Crippen LogP contribution is -2.48. The normalized spacial score (nSPS) is 20.5. The highest BCUT2D eigenvalue weighted by atomic mass is 35.5. The molecule has 3 aromatic rings. The van der Waals surface area contributed by atoms with Crippen LogP contribution in [0.4, 0.5) is 5.69 Å². The summed E-state index contributed by atoms with van der Waals surface area (Å²) < 4.78 is 6.59. The number of ether oxygens (including phenoxy) is 1. The van der Waals surface area contributed by atoms with Crippen molar-refractivity contribution in [3.05, 3.63) is 87.9 Å². The van der Waals surface area contributed by atoms with Gasteiger partial charge >= 0.3 is 0 Å². The third-order valence-electron chi connectivity index (χ3n) is 9.91. The van der Waals surface area contributed by atoms with Crippen molar-refractivity contribution in [2.24, 2.45) is 11.3 Å². The molecule has 0 spiro atoms. The van der Waals surface area contributed by atoms with E-state index in [0.717, 1.165) is 48.5 Å². The summed E-state index contributed by atoms with van der Waals surface area (Å²) in [5, 5.41) is 13.1. The molecule has 1 saturated heterocycles. The second kappa shape index (κ2) is 13.4. The molecule has 2 aliphatic rings. The number of nitrogens with zero attached hydrogens (tertiary/aromatic N) is 2. The van der Waals surface area contributed by atoms with Gasteiger partial charge in [-0.25, -0.2) is 0 Å². The van der Waals surface area contributed by atoms with Crippen molar-refractivity contribution in [2.45, 2.75) is 70.9 Å². The molecule has 0 aromatic heterocycles. The SMILES string of the molecule is CCC(C)(C)C1CCC(N2CCC(OCC(=O)Nc3cc(Cl)cc(Cl)c3)(c3ccc(-c4cccc(C#N)c4)cc3)CC2)C1. The summed E-state index contributed by atoms with van der Waals surface area (Å²) in [4.78, 5) is 15.7. The van der Waals surface area contributed by atoms with Crippen LogP contribution in [-0.4, -0.2) is 36.5 Å². The summed E-state index contributed by atoms with van der Waals surface area (Å²) in [7, 11) is 0. The molecule has 226 valence electrons. The van der Waals surface area contributed by atoms with E-state index < -0.39 is 5.60 Å². The van der Waals surface area contributed by atoms with E-state index in [2.05, 4.69) is 61.3 Å². The fourth-order valence-corrected chi connectivity index (χ4v) is 7.34. The maximum Gasteiger partial charge on any atom is 0.250 e. The lowest BCUT2D eigenvalue weighted by atomic mass is 9.75. The van der Waals surface area contributed by atoms with Gasteiger partial charge in [0.05, 0.1) is 17.2 Å². The van der Waals surface area contributed by atoms with Crippen LogP contribution in [0.5, 0.6) is 0 Å². The Morgan fingerprint density at radius 1 is 1.02 bits per heavy atom. The molecule has 3 aromatic carbocycles. The minimum absolute atomic E-state index is 0.0771. The van der Waals surface area contributed by atoms with Crippen molar-refractivity contribution >= 4 is 34.8 Å². The van der Waals surface area contributed by atoms with Crippen LogP contribution in [0.25, 0.3) is 11.1 Å². The molecule has 1 aliphatic carbocycles. The predicted molar refractivity (Wildman–Crippen MR) is 175 cm³/mol. The van der Waals surface area contributed by atoms with Gasteiger partial charge in [-0.1, -0.05) is 86.8 Å². The number of rotatable bonds is 9. The zero-order valence-corrected chi connectivity index (χ0v) is 26.8. The first kappa shape index (κ1) is 31.5. The summed E-state index contributed by atoms with van der Waals surface area (Å²) in [5.41, 5.74) is 4.10.